The smallest absolute Gasteiger partial charge is 0.00964 e. The molecule has 0 unspecified atom stereocenters. The number of nitrogens with one attached hydrogen (secondary N) is 1. The molecule has 2 aliphatic rings. The molecule has 2 fully saturated rings. The minimum absolute atomic E-state index is 0.636. The van der Waals surface area contributed by atoms with Gasteiger partial charge in [0.25, 0.3) is 0 Å². The van der Waals surface area contributed by atoms with Crippen LogP contribution in [0.1, 0.15) is 65.7 Å². The summed E-state index contributed by atoms with van der Waals surface area (Å²) in [6.07, 6.45) is 9.79. The van der Waals surface area contributed by atoms with E-state index in [0.717, 1.165) is 18.6 Å². The Morgan fingerprint density at radius 2 is 1.67 bits per heavy atom. The van der Waals surface area contributed by atoms with Crippen LogP contribution >= 0.6 is 0 Å². The Bertz CT molecular complexity index is 235. The van der Waals surface area contributed by atoms with Crippen molar-refractivity contribution in [3.63, 3.8) is 0 Å². The second kappa shape index (κ2) is 6.38. The van der Waals surface area contributed by atoms with Gasteiger partial charge in [0.05, 0.1) is 0 Å². The van der Waals surface area contributed by atoms with Gasteiger partial charge in [-0.05, 0) is 63.6 Å². The van der Waals surface area contributed by atoms with Crippen LogP contribution in [0.25, 0.3) is 0 Å². The van der Waals surface area contributed by atoms with E-state index < -0.39 is 0 Å². The Morgan fingerprint density at radius 1 is 1.06 bits per heavy atom. The molecule has 1 N–H and O–H groups in total. The van der Waals surface area contributed by atoms with E-state index in [9.17, 15) is 0 Å². The molecule has 0 atom stereocenters. The summed E-state index contributed by atoms with van der Waals surface area (Å²) in [5.41, 5.74) is 0.636. The van der Waals surface area contributed by atoms with E-state index in [2.05, 4.69) is 31.0 Å². The summed E-state index contributed by atoms with van der Waals surface area (Å²) in [6.45, 7) is 10.9. The lowest BCUT2D eigenvalue weighted by Gasteiger charge is -2.44. The maximum absolute atomic E-state index is 3.61. The zero-order chi connectivity index (χ0) is 13.0. The van der Waals surface area contributed by atoms with Gasteiger partial charge in [-0.25, -0.2) is 0 Å². The SMILES string of the molecule is CCNC1CCC(N2CCC(C)(CC)CC2)CC1. The second-order valence-corrected chi connectivity index (χ2v) is 6.76. The van der Waals surface area contributed by atoms with Crippen LogP contribution in [0.3, 0.4) is 0 Å². The molecule has 2 rings (SSSR count). The summed E-state index contributed by atoms with van der Waals surface area (Å²) in [5.74, 6) is 0. The summed E-state index contributed by atoms with van der Waals surface area (Å²) in [4.78, 5) is 2.79. The number of hydrogen-bond acceptors (Lipinski definition) is 2. The minimum atomic E-state index is 0.636. The van der Waals surface area contributed by atoms with E-state index in [0.29, 0.717) is 5.41 Å². The lowest BCUT2D eigenvalue weighted by molar-refractivity contribution is 0.0613. The number of piperidine rings is 1. The highest BCUT2D eigenvalue weighted by Gasteiger charge is 2.32. The van der Waals surface area contributed by atoms with Gasteiger partial charge in [-0.3, -0.25) is 0 Å². The molecule has 0 aromatic carbocycles. The first-order chi connectivity index (χ1) is 8.67. The van der Waals surface area contributed by atoms with E-state index in [4.69, 9.17) is 0 Å². The third-order valence-electron chi connectivity index (χ3n) is 5.56. The number of nitrogens with zero attached hydrogens (tertiary/aromatic N) is 1. The first-order valence-electron chi connectivity index (χ1n) is 8.14. The molecule has 2 heteroatoms. The predicted octanol–water partition coefficient (Wildman–Crippen LogP) is 3.42. The van der Waals surface area contributed by atoms with Crippen LogP contribution in [0.2, 0.25) is 0 Å². The molecule has 1 heterocycles. The Kier molecular flexibility index (Phi) is 5.08. The van der Waals surface area contributed by atoms with Gasteiger partial charge in [0, 0.05) is 12.1 Å². The molecule has 0 aromatic heterocycles. The monoisotopic (exact) mass is 252 g/mol. The quantitative estimate of drug-likeness (QED) is 0.825. The maximum atomic E-state index is 3.61. The molecule has 0 aromatic rings. The van der Waals surface area contributed by atoms with Gasteiger partial charge in [-0.15, -0.1) is 0 Å². The van der Waals surface area contributed by atoms with E-state index in [1.54, 1.807) is 0 Å². The van der Waals surface area contributed by atoms with Crippen LogP contribution in [0, 0.1) is 5.41 Å². The average Bonchev–Trinajstić information content (AvgIpc) is 2.41. The van der Waals surface area contributed by atoms with E-state index in [1.165, 1.54) is 58.0 Å². The first-order valence-corrected chi connectivity index (χ1v) is 8.14. The molecular formula is C16H32N2. The summed E-state index contributed by atoms with van der Waals surface area (Å²) >= 11 is 0. The fourth-order valence-electron chi connectivity index (χ4n) is 3.72. The van der Waals surface area contributed by atoms with Gasteiger partial charge >= 0.3 is 0 Å². The van der Waals surface area contributed by atoms with Crippen molar-refractivity contribution in [1.82, 2.24) is 10.2 Å². The fourth-order valence-corrected chi connectivity index (χ4v) is 3.72. The zero-order valence-electron chi connectivity index (χ0n) is 12.7. The lowest BCUT2D eigenvalue weighted by Crippen LogP contribution is -2.47. The third kappa shape index (κ3) is 3.48. The summed E-state index contributed by atoms with van der Waals surface area (Å²) < 4.78 is 0. The van der Waals surface area contributed by atoms with Crippen molar-refractivity contribution in [3.8, 4) is 0 Å². The molecule has 1 aliphatic heterocycles. The highest BCUT2D eigenvalue weighted by Crippen LogP contribution is 2.36. The van der Waals surface area contributed by atoms with E-state index in [-0.39, 0.29) is 0 Å². The van der Waals surface area contributed by atoms with Gasteiger partial charge < -0.3 is 10.2 Å². The molecule has 0 radical (unpaired) electrons. The number of hydrogen-bond donors (Lipinski definition) is 1. The fraction of sp³-hybridized carbons (Fsp3) is 1.00. The largest absolute Gasteiger partial charge is 0.314 e. The third-order valence-corrected chi connectivity index (χ3v) is 5.56. The molecule has 0 amide bonds. The van der Waals surface area contributed by atoms with Crippen molar-refractivity contribution in [2.24, 2.45) is 5.41 Å². The molecule has 106 valence electrons. The molecule has 0 spiro atoms. The Labute approximate surface area is 114 Å². The van der Waals surface area contributed by atoms with Crippen molar-refractivity contribution >= 4 is 0 Å². The van der Waals surface area contributed by atoms with Crippen LogP contribution in [-0.2, 0) is 0 Å². The van der Waals surface area contributed by atoms with Crippen molar-refractivity contribution in [3.05, 3.63) is 0 Å². The Hall–Kier alpha value is -0.0800. The molecule has 1 aliphatic carbocycles. The summed E-state index contributed by atoms with van der Waals surface area (Å²) in [7, 11) is 0. The van der Waals surface area contributed by atoms with Crippen molar-refractivity contribution in [2.45, 2.75) is 77.8 Å². The van der Waals surface area contributed by atoms with Crippen LogP contribution in [0.4, 0.5) is 0 Å². The van der Waals surface area contributed by atoms with Gasteiger partial charge in [-0.2, -0.15) is 0 Å². The van der Waals surface area contributed by atoms with Gasteiger partial charge in [0.2, 0.25) is 0 Å². The average molecular weight is 252 g/mol. The Morgan fingerprint density at radius 3 is 2.17 bits per heavy atom. The normalized spacial score (nSPS) is 33.5. The van der Waals surface area contributed by atoms with Crippen LogP contribution < -0.4 is 5.32 Å². The lowest BCUT2D eigenvalue weighted by atomic mass is 9.77. The predicted molar refractivity (Wildman–Crippen MR) is 78.9 cm³/mol. The zero-order valence-corrected chi connectivity index (χ0v) is 12.7. The number of likely N-dealkylation sites (tertiary alicyclic amines) is 1. The van der Waals surface area contributed by atoms with E-state index in [1.807, 2.05) is 0 Å². The van der Waals surface area contributed by atoms with Crippen LogP contribution in [-0.4, -0.2) is 36.6 Å². The van der Waals surface area contributed by atoms with Crippen molar-refractivity contribution in [1.29, 1.82) is 0 Å². The molecule has 1 saturated carbocycles. The molecule has 0 bridgehead atoms. The van der Waals surface area contributed by atoms with Gasteiger partial charge in [-0.1, -0.05) is 27.2 Å². The Balaban J connectivity index is 1.74. The highest BCUT2D eigenvalue weighted by atomic mass is 15.2. The van der Waals surface area contributed by atoms with Crippen LogP contribution in [0.5, 0.6) is 0 Å². The van der Waals surface area contributed by atoms with Crippen molar-refractivity contribution < 1.29 is 0 Å². The van der Waals surface area contributed by atoms with E-state index >= 15 is 0 Å². The molecular weight excluding hydrogens is 220 g/mol. The van der Waals surface area contributed by atoms with Crippen molar-refractivity contribution in [2.75, 3.05) is 19.6 Å². The topological polar surface area (TPSA) is 15.3 Å². The van der Waals surface area contributed by atoms with Gasteiger partial charge in [0.1, 0.15) is 0 Å². The molecule has 2 nitrogen and oxygen atoms in total. The molecule has 18 heavy (non-hydrogen) atoms. The first kappa shape index (κ1) is 14.3. The van der Waals surface area contributed by atoms with Gasteiger partial charge in [0.15, 0.2) is 0 Å². The number of rotatable bonds is 4. The second-order valence-electron chi connectivity index (χ2n) is 6.76. The highest BCUT2D eigenvalue weighted by molar-refractivity contribution is 4.88. The summed E-state index contributed by atoms with van der Waals surface area (Å²) in [6, 6.07) is 1.69. The maximum Gasteiger partial charge on any atom is 0.00964 e. The van der Waals surface area contributed by atoms with Crippen LogP contribution in [0.15, 0.2) is 0 Å². The summed E-state index contributed by atoms with van der Waals surface area (Å²) in [5, 5.41) is 3.61. The minimum Gasteiger partial charge on any atom is -0.314 e. The molecule has 1 saturated heterocycles. The standard InChI is InChI=1S/C16H32N2/c1-4-16(3)10-12-18(13-11-16)15-8-6-14(7-9-15)17-5-2/h14-15,17H,4-13H2,1-3H3.